The van der Waals surface area contributed by atoms with Gasteiger partial charge < -0.3 is 4.90 Å². The number of anilines is 1. The van der Waals surface area contributed by atoms with Crippen LogP contribution in [0.2, 0.25) is 5.02 Å². The van der Waals surface area contributed by atoms with Crippen molar-refractivity contribution in [3.8, 4) is 17.3 Å². The third-order valence-corrected chi connectivity index (χ3v) is 3.92. The number of aromatic nitrogens is 3. The molecule has 0 N–H and O–H groups in total. The van der Waals surface area contributed by atoms with Crippen LogP contribution >= 0.6 is 11.6 Å². The van der Waals surface area contributed by atoms with Crippen LogP contribution in [0, 0.1) is 11.3 Å². The van der Waals surface area contributed by atoms with E-state index in [1.54, 1.807) is 29.9 Å². The number of nitriles is 1. The van der Waals surface area contributed by atoms with E-state index in [0.29, 0.717) is 21.9 Å². The first-order valence-electron chi connectivity index (χ1n) is 6.80. The zero-order valence-corrected chi connectivity index (χ0v) is 13.2. The Hall–Kier alpha value is -2.91. The quantitative estimate of drug-likeness (QED) is 0.726. The fourth-order valence-corrected chi connectivity index (χ4v) is 2.53. The van der Waals surface area contributed by atoms with Crippen molar-refractivity contribution in [2.24, 2.45) is 0 Å². The summed E-state index contributed by atoms with van der Waals surface area (Å²) in [6.07, 6.45) is 3.10. The van der Waals surface area contributed by atoms with Crippen molar-refractivity contribution >= 4 is 28.8 Å². The summed E-state index contributed by atoms with van der Waals surface area (Å²) in [6.45, 7) is 1.47. The van der Waals surface area contributed by atoms with E-state index in [2.05, 4.69) is 16.2 Å². The zero-order valence-electron chi connectivity index (χ0n) is 12.5. The summed E-state index contributed by atoms with van der Waals surface area (Å²) in [5, 5.41) is 13.8. The SMILES string of the molecule is CC(=O)N(C)c1cc(-c2ccnc3c(C#N)cnn23)ccc1Cl. The number of rotatable bonds is 2. The predicted octanol–water partition coefficient (Wildman–Crippen LogP) is 2.90. The summed E-state index contributed by atoms with van der Waals surface area (Å²) in [5.41, 5.74) is 3.07. The number of fused-ring (bicyclic) bond motifs is 1. The van der Waals surface area contributed by atoms with E-state index >= 15 is 0 Å². The minimum atomic E-state index is -0.116. The molecule has 0 radical (unpaired) electrons. The molecule has 0 fully saturated rings. The Morgan fingerprint density at radius 3 is 2.87 bits per heavy atom. The predicted molar refractivity (Wildman–Crippen MR) is 87.2 cm³/mol. The maximum Gasteiger partial charge on any atom is 0.223 e. The van der Waals surface area contributed by atoms with Crippen LogP contribution in [0.4, 0.5) is 5.69 Å². The van der Waals surface area contributed by atoms with Crippen molar-refractivity contribution in [2.45, 2.75) is 6.92 Å². The number of carbonyl (C=O) groups is 1. The van der Waals surface area contributed by atoms with Crippen molar-refractivity contribution in [1.29, 1.82) is 5.26 Å². The number of amides is 1. The molecule has 7 heteroatoms. The van der Waals surface area contributed by atoms with Gasteiger partial charge in [0.2, 0.25) is 5.91 Å². The lowest BCUT2D eigenvalue weighted by molar-refractivity contribution is -0.116. The van der Waals surface area contributed by atoms with Crippen molar-refractivity contribution in [3.05, 3.63) is 47.2 Å². The molecule has 114 valence electrons. The molecular formula is C16H12ClN5O. The van der Waals surface area contributed by atoms with Gasteiger partial charge in [-0.1, -0.05) is 17.7 Å². The van der Waals surface area contributed by atoms with Gasteiger partial charge in [-0.15, -0.1) is 0 Å². The molecule has 0 saturated carbocycles. The van der Waals surface area contributed by atoms with E-state index in [-0.39, 0.29) is 5.91 Å². The van der Waals surface area contributed by atoms with Gasteiger partial charge in [0, 0.05) is 25.7 Å². The van der Waals surface area contributed by atoms with E-state index in [1.807, 2.05) is 12.1 Å². The molecule has 2 heterocycles. The maximum absolute atomic E-state index is 11.6. The number of halogens is 1. The molecule has 0 unspecified atom stereocenters. The van der Waals surface area contributed by atoms with Gasteiger partial charge in [0.15, 0.2) is 5.65 Å². The Labute approximate surface area is 137 Å². The lowest BCUT2D eigenvalue weighted by Crippen LogP contribution is -2.23. The van der Waals surface area contributed by atoms with Crippen molar-refractivity contribution < 1.29 is 4.79 Å². The fourth-order valence-electron chi connectivity index (χ4n) is 2.29. The molecule has 23 heavy (non-hydrogen) atoms. The molecule has 3 aromatic rings. The molecular weight excluding hydrogens is 314 g/mol. The summed E-state index contributed by atoms with van der Waals surface area (Å²) >= 11 is 6.20. The first-order chi connectivity index (χ1) is 11.0. The molecule has 1 amide bonds. The average molecular weight is 326 g/mol. The summed E-state index contributed by atoms with van der Waals surface area (Å²) in [5.74, 6) is -0.116. The molecule has 0 saturated heterocycles. The molecule has 0 atom stereocenters. The van der Waals surface area contributed by atoms with Crippen LogP contribution in [-0.2, 0) is 4.79 Å². The minimum Gasteiger partial charge on any atom is -0.314 e. The van der Waals surface area contributed by atoms with Gasteiger partial charge in [0.25, 0.3) is 0 Å². The highest BCUT2D eigenvalue weighted by atomic mass is 35.5. The molecule has 2 aromatic heterocycles. The minimum absolute atomic E-state index is 0.116. The number of hydrogen-bond acceptors (Lipinski definition) is 4. The van der Waals surface area contributed by atoms with Crippen LogP contribution in [0.5, 0.6) is 0 Å². The van der Waals surface area contributed by atoms with Gasteiger partial charge in [-0.25, -0.2) is 9.50 Å². The number of benzene rings is 1. The van der Waals surface area contributed by atoms with Crippen LogP contribution in [0.15, 0.2) is 36.7 Å². The highest BCUT2D eigenvalue weighted by molar-refractivity contribution is 6.33. The van der Waals surface area contributed by atoms with Crippen LogP contribution in [-0.4, -0.2) is 27.6 Å². The molecule has 6 nitrogen and oxygen atoms in total. The summed E-state index contributed by atoms with van der Waals surface area (Å²) in [7, 11) is 1.66. The third-order valence-electron chi connectivity index (χ3n) is 3.60. The molecule has 0 aliphatic rings. The Kier molecular flexibility index (Phi) is 3.72. The molecule has 0 bridgehead atoms. The Morgan fingerprint density at radius 1 is 1.39 bits per heavy atom. The zero-order chi connectivity index (χ0) is 16.6. The van der Waals surface area contributed by atoms with Crippen LogP contribution in [0.25, 0.3) is 16.9 Å². The molecule has 0 spiro atoms. The number of nitrogens with zero attached hydrogens (tertiary/aromatic N) is 5. The molecule has 0 aliphatic heterocycles. The number of carbonyl (C=O) groups excluding carboxylic acids is 1. The summed E-state index contributed by atoms with van der Waals surface area (Å²) < 4.78 is 1.60. The van der Waals surface area contributed by atoms with E-state index in [1.165, 1.54) is 18.0 Å². The highest BCUT2D eigenvalue weighted by Gasteiger charge is 2.14. The first kappa shape index (κ1) is 15.0. The van der Waals surface area contributed by atoms with Gasteiger partial charge in [-0.05, 0) is 18.2 Å². The third kappa shape index (κ3) is 2.51. The van der Waals surface area contributed by atoms with Gasteiger partial charge in [-0.3, -0.25) is 4.79 Å². The van der Waals surface area contributed by atoms with Crippen molar-refractivity contribution in [3.63, 3.8) is 0 Å². The first-order valence-corrected chi connectivity index (χ1v) is 7.18. The Bertz CT molecular complexity index is 957. The standard InChI is InChI=1S/C16H12ClN5O/c1-10(23)21(2)15-7-11(3-4-13(15)17)14-5-6-19-16-12(8-18)9-20-22(14)16/h3-7,9H,1-2H3. The van der Waals surface area contributed by atoms with Crippen LogP contribution in [0.3, 0.4) is 0 Å². The smallest absolute Gasteiger partial charge is 0.223 e. The van der Waals surface area contributed by atoms with Gasteiger partial charge in [-0.2, -0.15) is 10.4 Å². The van der Waals surface area contributed by atoms with E-state index in [9.17, 15) is 4.79 Å². The molecule has 0 aliphatic carbocycles. The van der Waals surface area contributed by atoms with E-state index < -0.39 is 0 Å². The lowest BCUT2D eigenvalue weighted by Gasteiger charge is -2.18. The second-order valence-corrected chi connectivity index (χ2v) is 5.39. The summed E-state index contributed by atoms with van der Waals surface area (Å²) in [6, 6.07) is 9.23. The number of hydrogen-bond donors (Lipinski definition) is 0. The second-order valence-electron chi connectivity index (χ2n) is 4.98. The topological polar surface area (TPSA) is 74.3 Å². The average Bonchev–Trinajstić information content (AvgIpc) is 2.97. The molecule has 3 rings (SSSR count). The highest BCUT2D eigenvalue weighted by Crippen LogP contribution is 2.31. The van der Waals surface area contributed by atoms with Crippen LogP contribution in [0.1, 0.15) is 12.5 Å². The Balaban J connectivity index is 2.20. The second kappa shape index (κ2) is 5.71. The van der Waals surface area contributed by atoms with Crippen molar-refractivity contribution in [1.82, 2.24) is 14.6 Å². The largest absolute Gasteiger partial charge is 0.314 e. The Morgan fingerprint density at radius 2 is 2.17 bits per heavy atom. The van der Waals surface area contributed by atoms with Gasteiger partial charge in [0.05, 0.1) is 22.6 Å². The van der Waals surface area contributed by atoms with E-state index in [4.69, 9.17) is 16.9 Å². The normalized spacial score (nSPS) is 10.5. The maximum atomic E-state index is 11.6. The van der Waals surface area contributed by atoms with Crippen molar-refractivity contribution in [2.75, 3.05) is 11.9 Å². The van der Waals surface area contributed by atoms with E-state index in [0.717, 1.165) is 11.3 Å². The molecule has 1 aromatic carbocycles. The fraction of sp³-hybridized carbons (Fsp3) is 0.125. The lowest BCUT2D eigenvalue weighted by atomic mass is 10.1. The monoisotopic (exact) mass is 325 g/mol. The van der Waals surface area contributed by atoms with Crippen LogP contribution < -0.4 is 4.90 Å². The summed E-state index contributed by atoms with van der Waals surface area (Å²) in [4.78, 5) is 17.3. The van der Waals surface area contributed by atoms with Gasteiger partial charge >= 0.3 is 0 Å². The van der Waals surface area contributed by atoms with Gasteiger partial charge in [0.1, 0.15) is 11.6 Å².